The molecule has 0 spiro atoms. The molecule has 2 nitrogen and oxygen atoms in total. The van der Waals surface area contributed by atoms with E-state index in [0.717, 1.165) is 17.3 Å². The molecule has 0 radical (unpaired) electrons. The van der Waals surface area contributed by atoms with E-state index < -0.39 is 0 Å². The molecule has 1 atom stereocenters. The van der Waals surface area contributed by atoms with Gasteiger partial charge in [0, 0.05) is 21.9 Å². The monoisotopic (exact) mass is 304 g/mol. The van der Waals surface area contributed by atoms with Gasteiger partial charge < -0.3 is 10.3 Å². The molecule has 0 bridgehead atoms. The standard InChI is InChI=1S/C15H17BrN2/c1-10-9-11-13(17)6-4-8-14(11)18(10)15-7-3-2-5-12(15)16/h2-3,5,7,9,13H,4,6,8,17H2,1H3. The Morgan fingerprint density at radius 1 is 1.33 bits per heavy atom. The minimum Gasteiger partial charge on any atom is -0.324 e. The number of nitrogens with zero attached hydrogens (tertiary/aromatic N) is 1. The maximum Gasteiger partial charge on any atom is 0.0597 e. The van der Waals surface area contributed by atoms with Crippen molar-refractivity contribution in [2.24, 2.45) is 5.73 Å². The summed E-state index contributed by atoms with van der Waals surface area (Å²) in [5.74, 6) is 0. The number of benzene rings is 1. The molecule has 94 valence electrons. The van der Waals surface area contributed by atoms with Crippen LogP contribution < -0.4 is 5.73 Å². The number of fused-ring (bicyclic) bond motifs is 1. The van der Waals surface area contributed by atoms with Crippen LogP contribution in [0.5, 0.6) is 0 Å². The minimum absolute atomic E-state index is 0.205. The van der Waals surface area contributed by atoms with Gasteiger partial charge in [-0.25, -0.2) is 0 Å². The number of para-hydroxylation sites is 1. The van der Waals surface area contributed by atoms with Crippen LogP contribution in [0.2, 0.25) is 0 Å². The van der Waals surface area contributed by atoms with Crippen LogP contribution in [0.25, 0.3) is 5.69 Å². The highest BCUT2D eigenvalue weighted by Gasteiger charge is 2.23. The molecule has 2 N–H and O–H groups in total. The summed E-state index contributed by atoms with van der Waals surface area (Å²) in [7, 11) is 0. The maximum atomic E-state index is 6.22. The Bertz CT molecular complexity index is 586. The molecule has 0 fully saturated rings. The van der Waals surface area contributed by atoms with Crippen molar-refractivity contribution in [2.75, 3.05) is 0 Å². The number of rotatable bonds is 1. The quantitative estimate of drug-likeness (QED) is 0.851. The Hall–Kier alpha value is -1.06. The van der Waals surface area contributed by atoms with Crippen LogP contribution in [-0.4, -0.2) is 4.57 Å². The van der Waals surface area contributed by atoms with Crippen LogP contribution in [0.1, 0.15) is 35.8 Å². The van der Waals surface area contributed by atoms with Crippen molar-refractivity contribution in [2.45, 2.75) is 32.2 Å². The Kier molecular flexibility index (Phi) is 3.04. The number of aryl methyl sites for hydroxylation is 1. The molecule has 3 rings (SSSR count). The summed E-state index contributed by atoms with van der Waals surface area (Å²) in [6.45, 7) is 2.16. The van der Waals surface area contributed by atoms with Gasteiger partial charge in [0.05, 0.1) is 5.69 Å². The summed E-state index contributed by atoms with van der Waals surface area (Å²) >= 11 is 3.64. The van der Waals surface area contributed by atoms with E-state index in [2.05, 4.69) is 51.7 Å². The number of aromatic nitrogens is 1. The Morgan fingerprint density at radius 2 is 2.11 bits per heavy atom. The van der Waals surface area contributed by atoms with Gasteiger partial charge in [0.2, 0.25) is 0 Å². The molecule has 1 unspecified atom stereocenters. The van der Waals surface area contributed by atoms with Crippen LogP contribution in [0, 0.1) is 6.92 Å². The molecular weight excluding hydrogens is 288 g/mol. The zero-order valence-corrected chi connectivity index (χ0v) is 12.1. The van der Waals surface area contributed by atoms with Crippen LogP contribution in [0.15, 0.2) is 34.8 Å². The third-order valence-electron chi connectivity index (χ3n) is 3.74. The zero-order valence-electron chi connectivity index (χ0n) is 10.5. The highest BCUT2D eigenvalue weighted by atomic mass is 79.9. The third-order valence-corrected chi connectivity index (χ3v) is 4.41. The van der Waals surface area contributed by atoms with Crippen molar-refractivity contribution < 1.29 is 0 Å². The molecule has 1 aromatic heterocycles. The average molecular weight is 305 g/mol. The van der Waals surface area contributed by atoms with Gasteiger partial charge in [-0.1, -0.05) is 12.1 Å². The van der Waals surface area contributed by atoms with Gasteiger partial charge >= 0.3 is 0 Å². The highest BCUT2D eigenvalue weighted by Crippen LogP contribution is 2.34. The fraction of sp³-hybridized carbons (Fsp3) is 0.333. The number of hydrogen-bond donors (Lipinski definition) is 1. The summed E-state index contributed by atoms with van der Waals surface area (Å²) in [4.78, 5) is 0. The fourth-order valence-corrected chi connectivity index (χ4v) is 3.37. The van der Waals surface area contributed by atoms with E-state index in [9.17, 15) is 0 Å². The molecule has 3 heteroatoms. The number of halogens is 1. The van der Waals surface area contributed by atoms with Gasteiger partial charge in [-0.2, -0.15) is 0 Å². The second kappa shape index (κ2) is 4.56. The first kappa shape index (κ1) is 12.0. The first-order valence-corrected chi connectivity index (χ1v) is 7.19. The third kappa shape index (κ3) is 1.82. The van der Waals surface area contributed by atoms with E-state index in [1.54, 1.807) is 0 Å². The first-order chi connectivity index (χ1) is 8.68. The second-order valence-electron chi connectivity index (χ2n) is 4.97. The molecule has 0 saturated carbocycles. The van der Waals surface area contributed by atoms with Crippen LogP contribution in [-0.2, 0) is 6.42 Å². The van der Waals surface area contributed by atoms with Crippen molar-refractivity contribution in [3.8, 4) is 5.69 Å². The largest absolute Gasteiger partial charge is 0.324 e. The summed E-state index contributed by atoms with van der Waals surface area (Å²) in [6, 6.07) is 10.8. The molecule has 0 aliphatic heterocycles. The van der Waals surface area contributed by atoms with Crippen molar-refractivity contribution in [3.63, 3.8) is 0 Å². The van der Waals surface area contributed by atoms with E-state index in [1.165, 1.54) is 29.1 Å². The average Bonchev–Trinajstić information content (AvgIpc) is 2.68. The van der Waals surface area contributed by atoms with Crippen LogP contribution in [0.4, 0.5) is 0 Å². The van der Waals surface area contributed by atoms with E-state index in [1.807, 2.05) is 6.07 Å². The lowest BCUT2D eigenvalue weighted by molar-refractivity contribution is 0.560. The summed E-state index contributed by atoms with van der Waals surface area (Å²) in [5.41, 5.74) is 11.4. The Balaban J connectivity index is 2.22. The summed E-state index contributed by atoms with van der Waals surface area (Å²) in [6.07, 6.45) is 3.41. The SMILES string of the molecule is Cc1cc2c(n1-c1ccccc1Br)CCCC2N. The molecule has 0 amide bonds. The molecule has 1 aromatic carbocycles. The second-order valence-corrected chi connectivity index (χ2v) is 5.83. The van der Waals surface area contributed by atoms with Crippen molar-refractivity contribution in [3.05, 3.63) is 51.8 Å². The lowest BCUT2D eigenvalue weighted by atomic mass is 9.93. The first-order valence-electron chi connectivity index (χ1n) is 6.40. The van der Waals surface area contributed by atoms with Gasteiger partial charge in [0.1, 0.15) is 0 Å². The van der Waals surface area contributed by atoms with Gasteiger partial charge in [-0.05, 0) is 65.9 Å². The number of nitrogens with two attached hydrogens (primary N) is 1. The van der Waals surface area contributed by atoms with E-state index >= 15 is 0 Å². The predicted octanol–water partition coefficient (Wildman–Crippen LogP) is 3.88. The fourth-order valence-electron chi connectivity index (χ4n) is 2.91. The van der Waals surface area contributed by atoms with E-state index in [4.69, 9.17) is 5.73 Å². The smallest absolute Gasteiger partial charge is 0.0597 e. The van der Waals surface area contributed by atoms with Crippen LogP contribution in [0.3, 0.4) is 0 Å². The molecule has 18 heavy (non-hydrogen) atoms. The summed E-state index contributed by atoms with van der Waals surface area (Å²) < 4.78 is 3.48. The van der Waals surface area contributed by atoms with Gasteiger partial charge in [0.25, 0.3) is 0 Å². The molecule has 1 aliphatic carbocycles. The lowest BCUT2D eigenvalue weighted by Crippen LogP contribution is -2.18. The molecule has 2 aromatic rings. The van der Waals surface area contributed by atoms with Gasteiger partial charge in [0.15, 0.2) is 0 Å². The Morgan fingerprint density at radius 3 is 2.89 bits per heavy atom. The lowest BCUT2D eigenvalue weighted by Gasteiger charge is -2.21. The maximum absolute atomic E-state index is 6.22. The molecule has 0 saturated heterocycles. The van der Waals surface area contributed by atoms with Crippen molar-refractivity contribution in [1.82, 2.24) is 4.57 Å². The predicted molar refractivity (Wildman–Crippen MR) is 78.1 cm³/mol. The molecular formula is C15H17BrN2. The van der Waals surface area contributed by atoms with Gasteiger partial charge in [-0.3, -0.25) is 0 Å². The molecule has 1 aliphatic rings. The number of hydrogen-bond acceptors (Lipinski definition) is 1. The van der Waals surface area contributed by atoms with Crippen molar-refractivity contribution in [1.29, 1.82) is 0 Å². The van der Waals surface area contributed by atoms with E-state index in [0.29, 0.717) is 0 Å². The highest BCUT2D eigenvalue weighted by molar-refractivity contribution is 9.10. The summed E-state index contributed by atoms with van der Waals surface area (Å²) in [5, 5.41) is 0. The van der Waals surface area contributed by atoms with Crippen LogP contribution >= 0.6 is 15.9 Å². The normalized spacial score (nSPS) is 18.7. The topological polar surface area (TPSA) is 30.9 Å². The van der Waals surface area contributed by atoms with Gasteiger partial charge in [-0.15, -0.1) is 0 Å². The van der Waals surface area contributed by atoms with E-state index in [-0.39, 0.29) is 6.04 Å². The molecule has 1 heterocycles. The zero-order chi connectivity index (χ0) is 12.7. The minimum atomic E-state index is 0.205. The Labute approximate surface area is 116 Å². The van der Waals surface area contributed by atoms with Crippen molar-refractivity contribution >= 4 is 15.9 Å².